The third-order valence-corrected chi connectivity index (χ3v) is 2.28. The summed E-state index contributed by atoms with van der Waals surface area (Å²) in [6.45, 7) is 0.00248. The van der Waals surface area contributed by atoms with Gasteiger partial charge in [0, 0.05) is 11.6 Å². The van der Waals surface area contributed by atoms with Crippen molar-refractivity contribution in [1.82, 2.24) is 5.16 Å². The molecule has 0 bridgehead atoms. The number of ether oxygens (including phenoxy) is 1. The number of nitrogens with two attached hydrogens (primary N) is 1. The molecule has 19 heavy (non-hydrogen) atoms. The third-order valence-electron chi connectivity index (χ3n) is 2.28. The number of amides is 1. The molecular formula is C12H10N2O5. The normalized spacial score (nSPS) is 10.1. The zero-order valence-electron chi connectivity index (χ0n) is 9.70. The molecule has 0 aliphatic heterocycles. The molecule has 2 aromatic rings. The fourth-order valence-electron chi connectivity index (χ4n) is 1.38. The molecule has 7 nitrogen and oxygen atoms in total. The summed E-state index contributed by atoms with van der Waals surface area (Å²) in [5.41, 5.74) is 5.27. The van der Waals surface area contributed by atoms with Crippen molar-refractivity contribution in [2.24, 2.45) is 5.73 Å². The van der Waals surface area contributed by atoms with Gasteiger partial charge in [0.1, 0.15) is 12.4 Å². The molecule has 0 radical (unpaired) electrons. The lowest BCUT2D eigenvalue weighted by Gasteiger charge is -2.04. The minimum Gasteiger partial charge on any atom is -0.486 e. The van der Waals surface area contributed by atoms with Crippen LogP contribution in [0.4, 0.5) is 0 Å². The summed E-state index contributed by atoms with van der Waals surface area (Å²) in [7, 11) is 0. The molecule has 7 heteroatoms. The Balaban J connectivity index is 2.03. The average molecular weight is 262 g/mol. The lowest BCUT2D eigenvalue weighted by Crippen LogP contribution is -2.10. The molecule has 3 N–H and O–H groups in total. The zero-order chi connectivity index (χ0) is 13.8. The maximum atomic E-state index is 11.0. The van der Waals surface area contributed by atoms with Crippen molar-refractivity contribution < 1.29 is 24.0 Å². The molecule has 0 saturated carbocycles. The van der Waals surface area contributed by atoms with Gasteiger partial charge < -0.3 is 20.1 Å². The molecular weight excluding hydrogens is 252 g/mol. The number of hydrogen-bond donors (Lipinski definition) is 2. The van der Waals surface area contributed by atoms with E-state index in [1.54, 1.807) is 18.2 Å². The molecule has 0 atom stereocenters. The zero-order valence-corrected chi connectivity index (χ0v) is 9.70. The van der Waals surface area contributed by atoms with Crippen LogP contribution >= 0.6 is 0 Å². The van der Waals surface area contributed by atoms with Crippen LogP contribution in [0, 0.1) is 0 Å². The van der Waals surface area contributed by atoms with Gasteiger partial charge in [-0.1, -0.05) is 11.2 Å². The number of carboxylic acid groups (broad SMARTS) is 1. The molecule has 0 aliphatic carbocycles. The minimum absolute atomic E-state index is 0.00248. The van der Waals surface area contributed by atoms with Gasteiger partial charge in [-0.3, -0.25) is 4.79 Å². The number of primary amides is 1. The van der Waals surface area contributed by atoms with Gasteiger partial charge in [-0.25, -0.2) is 4.79 Å². The smallest absolute Gasteiger partial charge is 0.358 e. The number of hydrogen-bond acceptors (Lipinski definition) is 5. The maximum Gasteiger partial charge on any atom is 0.358 e. The Morgan fingerprint density at radius 1 is 1.37 bits per heavy atom. The van der Waals surface area contributed by atoms with Gasteiger partial charge in [0.25, 0.3) is 0 Å². The highest BCUT2D eigenvalue weighted by atomic mass is 16.5. The van der Waals surface area contributed by atoms with Crippen molar-refractivity contribution in [2.75, 3.05) is 0 Å². The Bertz CT molecular complexity index is 620. The highest BCUT2D eigenvalue weighted by molar-refractivity contribution is 5.93. The number of aromatic nitrogens is 1. The largest absolute Gasteiger partial charge is 0.486 e. The van der Waals surface area contributed by atoms with Gasteiger partial charge in [0.15, 0.2) is 11.5 Å². The highest BCUT2D eigenvalue weighted by Gasteiger charge is 2.11. The van der Waals surface area contributed by atoms with E-state index in [4.69, 9.17) is 20.1 Å². The molecule has 98 valence electrons. The molecule has 0 fully saturated rings. The second kappa shape index (κ2) is 5.21. The number of rotatable bonds is 5. The summed E-state index contributed by atoms with van der Waals surface area (Å²) in [6, 6.07) is 7.57. The van der Waals surface area contributed by atoms with E-state index in [1.165, 1.54) is 12.1 Å². The van der Waals surface area contributed by atoms with Crippen LogP contribution in [0.1, 0.15) is 26.6 Å². The van der Waals surface area contributed by atoms with Crippen molar-refractivity contribution in [3.63, 3.8) is 0 Å². The molecule has 0 aliphatic rings. The van der Waals surface area contributed by atoms with Crippen molar-refractivity contribution >= 4 is 11.9 Å². The monoisotopic (exact) mass is 262 g/mol. The second-order valence-corrected chi connectivity index (χ2v) is 3.66. The van der Waals surface area contributed by atoms with E-state index >= 15 is 0 Å². The third kappa shape index (κ3) is 3.09. The van der Waals surface area contributed by atoms with E-state index in [-0.39, 0.29) is 18.1 Å². The maximum absolute atomic E-state index is 11.0. The molecule has 1 heterocycles. The first-order valence-corrected chi connectivity index (χ1v) is 5.28. The SMILES string of the molecule is NC(=O)c1cccc(OCc2cc(C(=O)O)no2)c1. The predicted molar refractivity (Wildman–Crippen MR) is 62.8 cm³/mol. The summed E-state index contributed by atoms with van der Waals surface area (Å²) in [6.07, 6.45) is 0. The first-order valence-electron chi connectivity index (χ1n) is 5.28. The topological polar surface area (TPSA) is 116 Å². The summed E-state index contributed by atoms with van der Waals surface area (Å²) >= 11 is 0. The second-order valence-electron chi connectivity index (χ2n) is 3.66. The summed E-state index contributed by atoms with van der Waals surface area (Å²) in [5.74, 6) is -1.05. The molecule has 1 amide bonds. The summed E-state index contributed by atoms with van der Waals surface area (Å²) in [5, 5.41) is 12.0. The Hall–Kier alpha value is -2.83. The van der Waals surface area contributed by atoms with E-state index in [0.717, 1.165) is 0 Å². The fraction of sp³-hybridized carbons (Fsp3) is 0.0833. The number of benzene rings is 1. The Labute approximate surface area is 107 Å². The molecule has 0 unspecified atom stereocenters. The predicted octanol–water partition coefficient (Wildman–Crippen LogP) is 1.05. The van der Waals surface area contributed by atoms with Crippen LogP contribution in [0.25, 0.3) is 0 Å². The first-order chi connectivity index (χ1) is 9.06. The van der Waals surface area contributed by atoms with Crippen molar-refractivity contribution in [3.8, 4) is 5.75 Å². The van der Waals surface area contributed by atoms with Crippen molar-refractivity contribution in [1.29, 1.82) is 0 Å². The van der Waals surface area contributed by atoms with Gasteiger partial charge in [-0.05, 0) is 18.2 Å². The lowest BCUT2D eigenvalue weighted by atomic mass is 10.2. The molecule has 0 saturated heterocycles. The van der Waals surface area contributed by atoms with Crippen LogP contribution in [0.2, 0.25) is 0 Å². The lowest BCUT2D eigenvalue weighted by molar-refractivity contribution is 0.0685. The van der Waals surface area contributed by atoms with Crippen LogP contribution < -0.4 is 10.5 Å². The number of carbonyl (C=O) groups is 2. The van der Waals surface area contributed by atoms with Crippen LogP contribution in [-0.2, 0) is 6.61 Å². The number of carboxylic acids is 1. The van der Waals surface area contributed by atoms with E-state index in [9.17, 15) is 9.59 Å². The first kappa shape index (κ1) is 12.6. The molecule has 1 aromatic carbocycles. The summed E-state index contributed by atoms with van der Waals surface area (Å²) in [4.78, 5) is 21.6. The molecule has 0 spiro atoms. The van der Waals surface area contributed by atoms with Gasteiger partial charge >= 0.3 is 5.97 Å². The highest BCUT2D eigenvalue weighted by Crippen LogP contribution is 2.15. The van der Waals surface area contributed by atoms with E-state index < -0.39 is 11.9 Å². The van der Waals surface area contributed by atoms with E-state index in [0.29, 0.717) is 11.3 Å². The average Bonchev–Trinajstić information content (AvgIpc) is 2.85. The number of carbonyl (C=O) groups excluding carboxylic acids is 1. The van der Waals surface area contributed by atoms with Gasteiger partial charge in [-0.15, -0.1) is 0 Å². The van der Waals surface area contributed by atoms with Crippen LogP contribution in [-0.4, -0.2) is 22.1 Å². The van der Waals surface area contributed by atoms with Gasteiger partial charge in [-0.2, -0.15) is 0 Å². The minimum atomic E-state index is -1.18. The van der Waals surface area contributed by atoms with E-state index in [1.807, 2.05) is 0 Å². The van der Waals surface area contributed by atoms with Crippen LogP contribution in [0.5, 0.6) is 5.75 Å². The van der Waals surface area contributed by atoms with Crippen LogP contribution in [0.3, 0.4) is 0 Å². The van der Waals surface area contributed by atoms with Crippen LogP contribution in [0.15, 0.2) is 34.9 Å². The fourth-order valence-corrected chi connectivity index (χ4v) is 1.38. The number of nitrogens with zero attached hydrogens (tertiary/aromatic N) is 1. The number of aromatic carboxylic acids is 1. The van der Waals surface area contributed by atoms with Crippen molar-refractivity contribution in [2.45, 2.75) is 6.61 Å². The standard InChI is InChI=1S/C12H10N2O5/c13-11(15)7-2-1-3-8(4-7)18-6-9-5-10(12(16)17)14-19-9/h1-5H,6H2,(H2,13,15)(H,16,17). The van der Waals surface area contributed by atoms with E-state index in [2.05, 4.69) is 5.16 Å². The Morgan fingerprint density at radius 3 is 2.79 bits per heavy atom. The Morgan fingerprint density at radius 2 is 2.16 bits per heavy atom. The summed E-state index contributed by atoms with van der Waals surface area (Å²) < 4.78 is 10.1. The Kier molecular flexibility index (Phi) is 3.46. The molecule has 2 rings (SSSR count). The van der Waals surface area contributed by atoms with Gasteiger partial charge in [0.2, 0.25) is 5.91 Å². The quantitative estimate of drug-likeness (QED) is 0.832. The van der Waals surface area contributed by atoms with Crippen molar-refractivity contribution in [3.05, 3.63) is 47.3 Å². The molecule has 1 aromatic heterocycles. The van der Waals surface area contributed by atoms with Gasteiger partial charge in [0.05, 0.1) is 0 Å².